The number of esters is 1. The van der Waals surface area contributed by atoms with E-state index in [4.69, 9.17) is 30.9 Å². The SMILES string of the molecule is Cc1cc(OCC(=O)OCC(=O)Nc2ccc(C#N)c(Cl)c2)no1. The summed E-state index contributed by atoms with van der Waals surface area (Å²) in [5.41, 5.74) is 0.677. The molecule has 1 amide bonds. The first-order chi connectivity index (χ1) is 11.5. The van der Waals surface area contributed by atoms with Gasteiger partial charge in [0.25, 0.3) is 11.8 Å². The van der Waals surface area contributed by atoms with E-state index in [0.717, 1.165) is 0 Å². The van der Waals surface area contributed by atoms with Gasteiger partial charge in [0, 0.05) is 11.8 Å². The number of ether oxygens (including phenoxy) is 2. The fraction of sp³-hybridized carbons (Fsp3) is 0.200. The number of nitriles is 1. The van der Waals surface area contributed by atoms with Crippen LogP contribution in [0.4, 0.5) is 5.69 Å². The van der Waals surface area contributed by atoms with Crippen molar-refractivity contribution in [3.63, 3.8) is 0 Å². The summed E-state index contributed by atoms with van der Waals surface area (Å²) in [5, 5.41) is 15.0. The zero-order valence-corrected chi connectivity index (χ0v) is 13.3. The lowest BCUT2D eigenvalue weighted by atomic mass is 10.2. The number of nitrogens with one attached hydrogen (secondary N) is 1. The van der Waals surface area contributed by atoms with Crippen molar-refractivity contribution >= 4 is 29.2 Å². The van der Waals surface area contributed by atoms with E-state index in [1.165, 1.54) is 24.3 Å². The number of rotatable bonds is 6. The predicted octanol–water partition coefficient (Wildman–Crippen LogP) is 2.07. The normalized spacial score (nSPS) is 9.88. The average Bonchev–Trinajstić information content (AvgIpc) is 2.96. The molecule has 0 aliphatic carbocycles. The lowest BCUT2D eigenvalue weighted by Gasteiger charge is -2.07. The zero-order chi connectivity index (χ0) is 17.5. The molecule has 0 bridgehead atoms. The fourth-order valence-electron chi connectivity index (χ4n) is 1.61. The van der Waals surface area contributed by atoms with Crippen molar-refractivity contribution in [1.82, 2.24) is 5.16 Å². The predicted molar refractivity (Wildman–Crippen MR) is 82.5 cm³/mol. The van der Waals surface area contributed by atoms with Gasteiger partial charge in [-0.15, -0.1) is 0 Å². The van der Waals surface area contributed by atoms with E-state index in [1.807, 2.05) is 6.07 Å². The minimum atomic E-state index is -0.733. The number of hydrogen-bond donors (Lipinski definition) is 1. The molecule has 0 radical (unpaired) electrons. The minimum Gasteiger partial charge on any atom is -0.463 e. The smallest absolute Gasteiger partial charge is 0.344 e. The van der Waals surface area contributed by atoms with Crippen LogP contribution in [0.3, 0.4) is 0 Å². The van der Waals surface area contributed by atoms with Crippen LogP contribution in [0.5, 0.6) is 5.88 Å². The third-order valence-electron chi connectivity index (χ3n) is 2.68. The number of anilines is 1. The lowest BCUT2D eigenvalue weighted by molar-refractivity contribution is -0.149. The van der Waals surface area contributed by atoms with Gasteiger partial charge in [0.05, 0.1) is 10.6 Å². The highest BCUT2D eigenvalue weighted by molar-refractivity contribution is 6.32. The van der Waals surface area contributed by atoms with E-state index < -0.39 is 25.1 Å². The van der Waals surface area contributed by atoms with E-state index >= 15 is 0 Å². The molecular weight excluding hydrogens is 338 g/mol. The highest BCUT2D eigenvalue weighted by Crippen LogP contribution is 2.20. The molecule has 1 N–H and O–H groups in total. The molecule has 0 saturated heterocycles. The molecule has 0 fully saturated rings. The molecule has 124 valence electrons. The molecule has 9 heteroatoms. The van der Waals surface area contributed by atoms with Gasteiger partial charge in [0.15, 0.2) is 13.2 Å². The molecule has 0 unspecified atom stereocenters. The maximum atomic E-state index is 11.7. The molecule has 0 saturated carbocycles. The van der Waals surface area contributed by atoms with Crippen LogP contribution >= 0.6 is 11.6 Å². The van der Waals surface area contributed by atoms with Crippen molar-refractivity contribution < 1.29 is 23.6 Å². The largest absolute Gasteiger partial charge is 0.463 e. The van der Waals surface area contributed by atoms with Crippen molar-refractivity contribution in [2.24, 2.45) is 0 Å². The van der Waals surface area contributed by atoms with Gasteiger partial charge in [-0.2, -0.15) is 5.26 Å². The van der Waals surface area contributed by atoms with Crippen LogP contribution in [0.2, 0.25) is 5.02 Å². The summed E-state index contributed by atoms with van der Waals surface area (Å²) in [4.78, 5) is 23.2. The molecule has 0 aliphatic heterocycles. The monoisotopic (exact) mass is 349 g/mol. The van der Waals surface area contributed by atoms with Crippen molar-refractivity contribution in [3.05, 3.63) is 40.6 Å². The Morgan fingerprint density at radius 1 is 1.38 bits per heavy atom. The maximum Gasteiger partial charge on any atom is 0.344 e. The molecule has 8 nitrogen and oxygen atoms in total. The van der Waals surface area contributed by atoms with Crippen molar-refractivity contribution in [3.8, 4) is 11.9 Å². The Kier molecular flexibility index (Phi) is 5.76. The molecule has 1 aromatic heterocycles. The summed E-state index contributed by atoms with van der Waals surface area (Å²) in [7, 11) is 0. The second-order valence-corrected chi connectivity index (χ2v) is 4.99. The minimum absolute atomic E-state index is 0.154. The Morgan fingerprint density at radius 2 is 2.17 bits per heavy atom. The number of halogens is 1. The van der Waals surface area contributed by atoms with Crippen LogP contribution in [0.1, 0.15) is 11.3 Å². The number of amides is 1. The third kappa shape index (κ3) is 5.00. The molecule has 2 rings (SSSR count). The van der Waals surface area contributed by atoms with Crippen LogP contribution in [0.25, 0.3) is 0 Å². The molecule has 0 aliphatic rings. The van der Waals surface area contributed by atoms with Crippen LogP contribution in [0, 0.1) is 18.3 Å². The first kappa shape index (κ1) is 17.3. The number of carbonyl (C=O) groups excluding carboxylic acids is 2. The molecule has 2 aromatic rings. The van der Waals surface area contributed by atoms with Crippen molar-refractivity contribution in [2.75, 3.05) is 18.5 Å². The van der Waals surface area contributed by atoms with Gasteiger partial charge in [-0.1, -0.05) is 11.6 Å². The Balaban J connectivity index is 1.75. The Hall–Kier alpha value is -3.05. The number of aryl methyl sites for hydroxylation is 1. The second kappa shape index (κ2) is 7.99. The lowest BCUT2D eigenvalue weighted by Crippen LogP contribution is -2.23. The zero-order valence-electron chi connectivity index (χ0n) is 12.5. The summed E-state index contributed by atoms with van der Waals surface area (Å²) in [6.07, 6.45) is 0. The molecular formula is C15H12ClN3O5. The molecule has 24 heavy (non-hydrogen) atoms. The highest BCUT2D eigenvalue weighted by atomic mass is 35.5. The van der Waals surface area contributed by atoms with Crippen molar-refractivity contribution in [2.45, 2.75) is 6.92 Å². The number of nitrogens with zero attached hydrogens (tertiary/aromatic N) is 2. The quantitative estimate of drug-likeness (QED) is 0.794. The Morgan fingerprint density at radius 3 is 2.79 bits per heavy atom. The number of carbonyl (C=O) groups is 2. The standard InChI is InChI=1S/C15H12ClN3O5/c1-9-4-14(19-24-9)22-8-15(21)23-7-13(20)18-11-3-2-10(6-17)12(16)5-11/h2-5H,7-8H2,1H3,(H,18,20). The van der Waals surface area contributed by atoms with E-state index in [0.29, 0.717) is 17.0 Å². The second-order valence-electron chi connectivity index (χ2n) is 4.58. The van der Waals surface area contributed by atoms with Crippen LogP contribution in [-0.4, -0.2) is 30.2 Å². The number of benzene rings is 1. The van der Waals surface area contributed by atoms with Gasteiger partial charge >= 0.3 is 5.97 Å². The summed E-state index contributed by atoms with van der Waals surface area (Å²) in [5.74, 6) is -0.593. The van der Waals surface area contributed by atoms with Gasteiger partial charge < -0.3 is 19.3 Å². The third-order valence-corrected chi connectivity index (χ3v) is 2.99. The fourth-order valence-corrected chi connectivity index (χ4v) is 1.84. The van der Waals surface area contributed by atoms with Gasteiger partial charge in [0.1, 0.15) is 11.8 Å². The summed E-state index contributed by atoms with van der Waals surface area (Å²) in [6.45, 7) is 0.789. The maximum absolute atomic E-state index is 11.7. The molecule has 1 aromatic carbocycles. The summed E-state index contributed by atoms with van der Waals surface area (Å²) in [6, 6.07) is 7.82. The van der Waals surface area contributed by atoms with Gasteiger partial charge in [-0.05, 0) is 30.3 Å². The van der Waals surface area contributed by atoms with Crippen LogP contribution in [-0.2, 0) is 14.3 Å². The van der Waals surface area contributed by atoms with E-state index in [9.17, 15) is 9.59 Å². The molecule has 0 spiro atoms. The average molecular weight is 350 g/mol. The van der Waals surface area contributed by atoms with Crippen LogP contribution in [0.15, 0.2) is 28.8 Å². The Bertz CT molecular complexity index is 797. The van der Waals surface area contributed by atoms with E-state index in [1.54, 1.807) is 6.92 Å². The van der Waals surface area contributed by atoms with E-state index in [-0.39, 0.29) is 10.9 Å². The Labute approximate surface area is 141 Å². The molecule has 0 atom stereocenters. The van der Waals surface area contributed by atoms with Gasteiger partial charge in [-0.3, -0.25) is 4.79 Å². The highest BCUT2D eigenvalue weighted by Gasteiger charge is 2.11. The summed E-state index contributed by atoms with van der Waals surface area (Å²) >= 11 is 5.85. The number of aromatic nitrogens is 1. The van der Waals surface area contributed by atoms with Crippen LogP contribution < -0.4 is 10.1 Å². The first-order valence-corrected chi connectivity index (χ1v) is 7.07. The van der Waals surface area contributed by atoms with Crippen molar-refractivity contribution in [1.29, 1.82) is 5.26 Å². The number of hydrogen-bond acceptors (Lipinski definition) is 7. The molecule has 1 heterocycles. The van der Waals surface area contributed by atoms with Gasteiger partial charge in [0.2, 0.25) is 0 Å². The topological polar surface area (TPSA) is 114 Å². The van der Waals surface area contributed by atoms with Gasteiger partial charge in [-0.25, -0.2) is 4.79 Å². The first-order valence-electron chi connectivity index (χ1n) is 6.69. The summed E-state index contributed by atoms with van der Waals surface area (Å²) < 4.78 is 14.5. The van der Waals surface area contributed by atoms with E-state index in [2.05, 4.69) is 10.5 Å².